The predicted octanol–water partition coefficient (Wildman–Crippen LogP) is 6.63. The lowest BCUT2D eigenvalue weighted by atomic mass is 9.92. The molecule has 32 heavy (non-hydrogen) atoms. The van der Waals surface area contributed by atoms with Gasteiger partial charge in [0.15, 0.2) is 0 Å². The minimum atomic E-state index is -0.397. The predicted molar refractivity (Wildman–Crippen MR) is 126 cm³/mol. The first-order valence-electron chi connectivity index (χ1n) is 10.5. The third kappa shape index (κ3) is 5.03. The van der Waals surface area contributed by atoms with E-state index >= 15 is 0 Å². The molecule has 2 atom stereocenters. The standard InChI is InChI=1S/C24H26N4O4/c1-3-19(25-21-13-7-9-15-23(21)27(29)30)17-11-5-6-12-18(17)20(4-2)26-22-14-8-10-16-24(22)28(31)32/h5-16,19-20,25-26H,3-4H2,1-2H3/t19-,20-/m1/s1. The summed E-state index contributed by atoms with van der Waals surface area (Å²) in [5.41, 5.74) is 2.94. The third-order valence-electron chi connectivity index (χ3n) is 5.42. The van der Waals surface area contributed by atoms with Crippen LogP contribution < -0.4 is 10.6 Å². The van der Waals surface area contributed by atoms with E-state index in [1.807, 2.05) is 38.1 Å². The highest BCUT2D eigenvalue weighted by Gasteiger charge is 2.23. The molecule has 0 bridgehead atoms. The van der Waals surface area contributed by atoms with E-state index in [1.165, 1.54) is 12.1 Å². The van der Waals surface area contributed by atoms with E-state index in [0.717, 1.165) is 11.1 Å². The van der Waals surface area contributed by atoms with Crippen molar-refractivity contribution in [3.05, 3.63) is 104 Å². The van der Waals surface area contributed by atoms with Crippen molar-refractivity contribution in [3.8, 4) is 0 Å². The maximum Gasteiger partial charge on any atom is 0.292 e. The van der Waals surface area contributed by atoms with Gasteiger partial charge in [-0.15, -0.1) is 0 Å². The minimum Gasteiger partial charge on any atom is -0.373 e. The normalized spacial score (nSPS) is 12.6. The van der Waals surface area contributed by atoms with Crippen LogP contribution in [0.3, 0.4) is 0 Å². The molecule has 0 fully saturated rings. The summed E-state index contributed by atoms with van der Waals surface area (Å²) in [6.07, 6.45) is 1.40. The van der Waals surface area contributed by atoms with Gasteiger partial charge in [-0.1, -0.05) is 62.4 Å². The lowest BCUT2D eigenvalue weighted by Crippen LogP contribution is -2.18. The Morgan fingerprint density at radius 1 is 0.656 bits per heavy atom. The van der Waals surface area contributed by atoms with E-state index in [1.54, 1.807) is 36.4 Å². The lowest BCUT2D eigenvalue weighted by Gasteiger charge is -2.26. The SMILES string of the molecule is CC[C@@H](Nc1ccccc1[N+](=O)[O-])c1ccccc1[C@@H](CC)Nc1ccccc1[N+](=O)[O-]. The molecule has 0 saturated carbocycles. The smallest absolute Gasteiger partial charge is 0.292 e. The number of rotatable bonds is 10. The van der Waals surface area contributed by atoms with E-state index in [4.69, 9.17) is 0 Å². The van der Waals surface area contributed by atoms with E-state index in [9.17, 15) is 20.2 Å². The lowest BCUT2D eigenvalue weighted by molar-refractivity contribution is -0.384. The molecule has 3 rings (SSSR count). The van der Waals surface area contributed by atoms with Crippen molar-refractivity contribution in [2.45, 2.75) is 38.8 Å². The summed E-state index contributed by atoms with van der Waals surface area (Å²) < 4.78 is 0. The Balaban J connectivity index is 1.96. The number of para-hydroxylation sites is 4. The number of anilines is 2. The Bertz CT molecular complexity index is 1020. The molecule has 0 saturated heterocycles. The van der Waals surface area contributed by atoms with Crippen molar-refractivity contribution < 1.29 is 9.85 Å². The fourth-order valence-electron chi connectivity index (χ4n) is 3.83. The Kier molecular flexibility index (Phi) is 7.38. The van der Waals surface area contributed by atoms with Gasteiger partial charge in [0.05, 0.1) is 21.9 Å². The molecular weight excluding hydrogens is 408 g/mol. The highest BCUT2D eigenvalue weighted by molar-refractivity contribution is 5.64. The van der Waals surface area contributed by atoms with Crippen molar-refractivity contribution in [2.24, 2.45) is 0 Å². The fraction of sp³-hybridized carbons (Fsp3) is 0.250. The number of hydrogen-bond acceptors (Lipinski definition) is 6. The number of hydrogen-bond donors (Lipinski definition) is 2. The van der Waals surface area contributed by atoms with E-state index < -0.39 is 9.85 Å². The average Bonchev–Trinajstić information content (AvgIpc) is 2.81. The quantitative estimate of drug-likeness (QED) is 0.274. The summed E-state index contributed by atoms with van der Waals surface area (Å²) in [6.45, 7) is 4.03. The van der Waals surface area contributed by atoms with Gasteiger partial charge >= 0.3 is 0 Å². The van der Waals surface area contributed by atoms with Gasteiger partial charge in [-0.05, 0) is 36.1 Å². The van der Waals surface area contributed by atoms with E-state index in [0.29, 0.717) is 24.2 Å². The second-order valence-electron chi connectivity index (χ2n) is 7.39. The largest absolute Gasteiger partial charge is 0.373 e. The maximum absolute atomic E-state index is 11.4. The number of benzene rings is 3. The van der Waals surface area contributed by atoms with Gasteiger partial charge in [0.2, 0.25) is 0 Å². The first-order valence-corrected chi connectivity index (χ1v) is 10.5. The summed E-state index contributed by atoms with van der Waals surface area (Å²) in [5, 5.41) is 29.5. The van der Waals surface area contributed by atoms with Crippen LogP contribution in [0.4, 0.5) is 22.7 Å². The molecular formula is C24H26N4O4. The monoisotopic (exact) mass is 434 g/mol. The Labute approximate surface area is 186 Å². The van der Waals surface area contributed by atoms with Crippen LogP contribution in [0.25, 0.3) is 0 Å². The van der Waals surface area contributed by atoms with Crippen molar-refractivity contribution in [1.82, 2.24) is 0 Å². The van der Waals surface area contributed by atoms with Gasteiger partial charge in [0, 0.05) is 12.1 Å². The Morgan fingerprint density at radius 3 is 1.34 bits per heavy atom. The van der Waals surface area contributed by atoms with Gasteiger partial charge < -0.3 is 10.6 Å². The topological polar surface area (TPSA) is 110 Å². The minimum absolute atomic E-state index is 0.0218. The Hall–Kier alpha value is -3.94. The number of nitro groups is 2. The molecule has 0 amide bonds. The zero-order valence-corrected chi connectivity index (χ0v) is 18.0. The van der Waals surface area contributed by atoms with Crippen LogP contribution in [-0.2, 0) is 0 Å². The summed E-state index contributed by atoms with van der Waals surface area (Å²) in [7, 11) is 0. The molecule has 0 spiro atoms. The van der Waals surface area contributed by atoms with Crippen LogP contribution in [0.2, 0.25) is 0 Å². The molecule has 8 nitrogen and oxygen atoms in total. The van der Waals surface area contributed by atoms with Gasteiger partial charge in [-0.25, -0.2) is 0 Å². The molecule has 0 aliphatic carbocycles. The molecule has 0 heterocycles. The number of nitrogens with zero attached hydrogens (tertiary/aromatic N) is 2. The molecule has 0 aromatic heterocycles. The highest BCUT2D eigenvalue weighted by Crippen LogP contribution is 2.35. The number of nitro benzene ring substituents is 2. The zero-order chi connectivity index (χ0) is 23.1. The molecule has 3 aromatic rings. The molecule has 166 valence electrons. The van der Waals surface area contributed by atoms with Crippen molar-refractivity contribution in [1.29, 1.82) is 0 Å². The van der Waals surface area contributed by atoms with Crippen molar-refractivity contribution in [3.63, 3.8) is 0 Å². The molecule has 0 aliphatic heterocycles. The van der Waals surface area contributed by atoms with Crippen LogP contribution in [0, 0.1) is 20.2 Å². The Morgan fingerprint density at radius 2 is 1.00 bits per heavy atom. The second kappa shape index (κ2) is 10.4. The van der Waals surface area contributed by atoms with E-state index in [-0.39, 0.29) is 23.5 Å². The molecule has 0 unspecified atom stereocenters. The van der Waals surface area contributed by atoms with Crippen LogP contribution in [-0.4, -0.2) is 9.85 Å². The fourth-order valence-corrected chi connectivity index (χ4v) is 3.83. The van der Waals surface area contributed by atoms with Gasteiger partial charge in [-0.2, -0.15) is 0 Å². The summed E-state index contributed by atoms with van der Waals surface area (Å²) in [5.74, 6) is 0. The first kappa shape index (κ1) is 22.7. The average molecular weight is 434 g/mol. The molecule has 0 aliphatic rings. The molecule has 3 aromatic carbocycles. The number of nitrogens with one attached hydrogen (secondary N) is 2. The van der Waals surface area contributed by atoms with Crippen LogP contribution in [0.1, 0.15) is 49.9 Å². The summed E-state index contributed by atoms with van der Waals surface area (Å²) in [6, 6.07) is 20.7. The third-order valence-corrected chi connectivity index (χ3v) is 5.42. The van der Waals surface area contributed by atoms with Crippen LogP contribution >= 0.6 is 0 Å². The van der Waals surface area contributed by atoms with Crippen molar-refractivity contribution >= 4 is 22.7 Å². The molecule has 0 radical (unpaired) electrons. The zero-order valence-electron chi connectivity index (χ0n) is 18.0. The van der Waals surface area contributed by atoms with Crippen molar-refractivity contribution in [2.75, 3.05) is 10.6 Å². The molecule has 2 N–H and O–H groups in total. The summed E-state index contributed by atoms with van der Waals surface area (Å²) >= 11 is 0. The van der Waals surface area contributed by atoms with Crippen LogP contribution in [0.5, 0.6) is 0 Å². The first-order chi connectivity index (χ1) is 15.5. The van der Waals surface area contributed by atoms with Gasteiger partial charge in [0.25, 0.3) is 11.4 Å². The van der Waals surface area contributed by atoms with Crippen LogP contribution in [0.15, 0.2) is 72.8 Å². The maximum atomic E-state index is 11.4. The van der Waals surface area contributed by atoms with Gasteiger partial charge in [-0.3, -0.25) is 20.2 Å². The highest BCUT2D eigenvalue weighted by atomic mass is 16.6. The summed E-state index contributed by atoms with van der Waals surface area (Å²) in [4.78, 5) is 22.1. The van der Waals surface area contributed by atoms with Gasteiger partial charge in [0.1, 0.15) is 11.4 Å². The molecule has 8 heteroatoms. The second-order valence-corrected chi connectivity index (χ2v) is 7.39. The van der Waals surface area contributed by atoms with E-state index in [2.05, 4.69) is 10.6 Å².